The summed E-state index contributed by atoms with van der Waals surface area (Å²) in [4.78, 5) is 4.86. The van der Waals surface area contributed by atoms with Crippen molar-refractivity contribution in [2.45, 2.75) is 71.6 Å². The highest BCUT2D eigenvalue weighted by Gasteiger charge is 2.39. The molecule has 2 rings (SSSR count). The molecular weight excluding hydrogens is 268 g/mol. The molecule has 1 aliphatic rings. The summed E-state index contributed by atoms with van der Waals surface area (Å²) >= 11 is 1.77. The maximum absolute atomic E-state index is 6.19. The second kappa shape index (κ2) is 7.01. The van der Waals surface area contributed by atoms with Gasteiger partial charge in [-0.2, -0.15) is 0 Å². The number of hydrogen-bond donors (Lipinski definition) is 1. The Hall–Kier alpha value is -0.450. The predicted octanol–water partition coefficient (Wildman–Crippen LogP) is 4.08. The standard InChI is InChI=1S/C16H28N2OS/c1-5-19-16(8-6-7-13(4)9-16)15-18-14(11-20-15)10-17-12(2)3/h11-13,17H,5-10H2,1-4H3. The molecule has 2 atom stereocenters. The van der Waals surface area contributed by atoms with E-state index < -0.39 is 0 Å². The lowest BCUT2D eigenvalue weighted by atomic mass is 9.79. The Bertz CT molecular complexity index is 414. The van der Waals surface area contributed by atoms with Gasteiger partial charge in [0.15, 0.2) is 0 Å². The lowest BCUT2D eigenvalue weighted by Crippen LogP contribution is -2.35. The summed E-state index contributed by atoms with van der Waals surface area (Å²) < 4.78 is 6.19. The maximum Gasteiger partial charge on any atom is 0.125 e. The Morgan fingerprint density at radius 2 is 2.35 bits per heavy atom. The lowest BCUT2D eigenvalue weighted by molar-refractivity contribution is -0.0821. The normalized spacial score (nSPS) is 27.1. The minimum atomic E-state index is -0.118. The number of nitrogens with one attached hydrogen (secondary N) is 1. The molecule has 2 unspecified atom stereocenters. The lowest BCUT2D eigenvalue weighted by Gasteiger charge is -2.38. The molecule has 0 radical (unpaired) electrons. The van der Waals surface area contributed by atoms with Gasteiger partial charge in [-0.25, -0.2) is 4.98 Å². The van der Waals surface area contributed by atoms with Gasteiger partial charge >= 0.3 is 0 Å². The SMILES string of the molecule is CCOC1(c2nc(CNC(C)C)cs2)CCCC(C)C1. The Kier molecular flexibility index (Phi) is 5.58. The summed E-state index contributed by atoms with van der Waals surface area (Å²) in [6.45, 7) is 10.4. The van der Waals surface area contributed by atoms with Crippen molar-refractivity contribution in [2.75, 3.05) is 6.61 Å². The molecule has 0 amide bonds. The zero-order valence-corrected chi connectivity index (χ0v) is 14.1. The summed E-state index contributed by atoms with van der Waals surface area (Å²) in [7, 11) is 0. The minimum Gasteiger partial charge on any atom is -0.368 e. The molecule has 0 bridgehead atoms. The first-order valence-corrected chi connectivity index (χ1v) is 8.76. The summed E-state index contributed by atoms with van der Waals surface area (Å²) in [6, 6.07) is 0.496. The van der Waals surface area contributed by atoms with Crippen LogP contribution >= 0.6 is 11.3 Å². The first-order chi connectivity index (χ1) is 9.55. The van der Waals surface area contributed by atoms with E-state index in [-0.39, 0.29) is 5.60 Å². The van der Waals surface area contributed by atoms with E-state index in [9.17, 15) is 0 Å². The molecule has 4 heteroatoms. The number of aromatic nitrogens is 1. The van der Waals surface area contributed by atoms with Crippen LogP contribution in [-0.4, -0.2) is 17.6 Å². The average Bonchev–Trinajstić information content (AvgIpc) is 2.86. The Balaban J connectivity index is 2.13. The smallest absolute Gasteiger partial charge is 0.125 e. The molecule has 1 aliphatic carbocycles. The zero-order chi connectivity index (χ0) is 14.6. The fourth-order valence-corrected chi connectivity index (χ4v) is 4.09. The quantitative estimate of drug-likeness (QED) is 0.859. The van der Waals surface area contributed by atoms with Crippen LogP contribution in [0.1, 0.15) is 64.1 Å². The van der Waals surface area contributed by atoms with Crippen LogP contribution in [-0.2, 0) is 16.9 Å². The fraction of sp³-hybridized carbons (Fsp3) is 0.812. The molecule has 1 aromatic heterocycles. The van der Waals surface area contributed by atoms with E-state index in [0.29, 0.717) is 6.04 Å². The average molecular weight is 296 g/mol. The second-order valence-corrected chi connectivity index (χ2v) is 7.17. The van der Waals surface area contributed by atoms with Crippen molar-refractivity contribution in [3.05, 3.63) is 16.1 Å². The van der Waals surface area contributed by atoms with Crippen LogP contribution in [0.4, 0.5) is 0 Å². The number of nitrogens with zero attached hydrogens (tertiary/aromatic N) is 1. The van der Waals surface area contributed by atoms with Gasteiger partial charge in [-0.05, 0) is 32.1 Å². The minimum absolute atomic E-state index is 0.118. The zero-order valence-electron chi connectivity index (χ0n) is 13.2. The molecule has 1 fully saturated rings. The summed E-state index contributed by atoms with van der Waals surface area (Å²) in [5.74, 6) is 0.733. The first kappa shape index (κ1) is 15.9. The van der Waals surface area contributed by atoms with E-state index in [1.807, 2.05) is 0 Å². The van der Waals surface area contributed by atoms with Crippen molar-refractivity contribution in [3.8, 4) is 0 Å². The molecule has 0 aromatic carbocycles. The van der Waals surface area contributed by atoms with Crippen molar-refractivity contribution in [2.24, 2.45) is 5.92 Å². The number of rotatable bonds is 6. The summed E-state index contributed by atoms with van der Waals surface area (Å²) in [6.07, 6.45) is 4.81. The van der Waals surface area contributed by atoms with Gasteiger partial charge in [-0.1, -0.05) is 27.2 Å². The molecule has 20 heavy (non-hydrogen) atoms. The summed E-state index contributed by atoms with van der Waals surface area (Å²) in [5.41, 5.74) is 1.03. The first-order valence-electron chi connectivity index (χ1n) is 7.88. The van der Waals surface area contributed by atoms with Gasteiger partial charge in [0.2, 0.25) is 0 Å². The van der Waals surface area contributed by atoms with Gasteiger partial charge in [0.25, 0.3) is 0 Å². The highest BCUT2D eigenvalue weighted by atomic mass is 32.1. The van der Waals surface area contributed by atoms with E-state index in [4.69, 9.17) is 9.72 Å². The molecule has 1 N–H and O–H groups in total. The van der Waals surface area contributed by atoms with E-state index in [1.165, 1.54) is 17.8 Å². The summed E-state index contributed by atoms with van der Waals surface area (Å²) in [5, 5.41) is 6.81. The van der Waals surface area contributed by atoms with Gasteiger partial charge in [-0.15, -0.1) is 11.3 Å². The van der Waals surface area contributed by atoms with Crippen LogP contribution in [0, 0.1) is 5.92 Å². The third-order valence-electron chi connectivity index (χ3n) is 4.01. The van der Waals surface area contributed by atoms with Crippen LogP contribution in [0.15, 0.2) is 5.38 Å². The van der Waals surface area contributed by atoms with Crippen molar-refractivity contribution >= 4 is 11.3 Å². The van der Waals surface area contributed by atoms with Gasteiger partial charge in [0.05, 0.1) is 5.69 Å². The topological polar surface area (TPSA) is 34.1 Å². The van der Waals surface area contributed by atoms with Crippen molar-refractivity contribution in [3.63, 3.8) is 0 Å². The largest absolute Gasteiger partial charge is 0.368 e. The Morgan fingerprint density at radius 1 is 1.55 bits per heavy atom. The fourth-order valence-electron chi connectivity index (χ4n) is 3.07. The third-order valence-corrected chi connectivity index (χ3v) is 5.09. The van der Waals surface area contributed by atoms with E-state index in [2.05, 4.69) is 38.4 Å². The molecule has 0 saturated heterocycles. The van der Waals surface area contributed by atoms with Crippen molar-refractivity contribution < 1.29 is 4.74 Å². The monoisotopic (exact) mass is 296 g/mol. The van der Waals surface area contributed by atoms with Crippen molar-refractivity contribution in [1.82, 2.24) is 10.3 Å². The van der Waals surface area contributed by atoms with E-state index in [1.54, 1.807) is 11.3 Å². The molecular formula is C16H28N2OS. The molecule has 0 aliphatic heterocycles. The second-order valence-electron chi connectivity index (χ2n) is 6.31. The Morgan fingerprint density at radius 3 is 3.00 bits per heavy atom. The molecule has 0 spiro atoms. The van der Waals surface area contributed by atoms with E-state index >= 15 is 0 Å². The molecule has 3 nitrogen and oxygen atoms in total. The van der Waals surface area contributed by atoms with Crippen LogP contribution in [0.2, 0.25) is 0 Å². The Labute approximate surface area is 127 Å². The molecule has 1 heterocycles. The highest BCUT2D eigenvalue weighted by Crippen LogP contribution is 2.43. The molecule has 114 valence electrons. The van der Waals surface area contributed by atoms with Gasteiger partial charge in [0, 0.05) is 24.6 Å². The highest BCUT2D eigenvalue weighted by molar-refractivity contribution is 7.09. The number of hydrogen-bond acceptors (Lipinski definition) is 4. The van der Waals surface area contributed by atoms with Crippen molar-refractivity contribution in [1.29, 1.82) is 0 Å². The third kappa shape index (κ3) is 3.80. The van der Waals surface area contributed by atoms with Crippen LogP contribution in [0.5, 0.6) is 0 Å². The maximum atomic E-state index is 6.19. The van der Waals surface area contributed by atoms with Crippen LogP contribution < -0.4 is 5.32 Å². The van der Waals surface area contributed by atoms with Crippen LogP contribution in [0.3, 0.4) is 0 Å². The van der Waals surface area contributed by atoms with Gasteiger partial charge < -0.3 is 10.1 Å². The number of thiazole rings is 1. The van der Waals surface area contributed by atoms with Gasteiger partial charge in [-0.3, -0.25) is 0 Å². The molecule has 1 saturated carbocycles. The molecule has 1 aromatic rings. The predicted molar refractivity (Wildman–Crippen MR) is 85.0 cm³/mol. The number of ether oxygens (including phenoxy) is 1. The van der Waals surface area contributed by atoms with Crippen LogP contribution in [0.25, 0.3) is 0 Å². The van der Waals surface area contributed by atoms with Gasteiger partial charge in [0.1, 0.15) is 10.6 Å². The van der Waals surface area contributed by atoms with E-state index in [0.717, 1.165) is 37.6 Å².